The van der Waals surface area contributed by atoms with Crippen LogP contribution in [0.1, 0.15) is 30.0 Å². The molecule has 0 saturated heterocycles. The highest BCUT2D eigenvalue weighted by atomic mass is 19.2. The summed E-state index contributed by atoms with van der Waals surface area (Å²) in [6.45, 7) is 2.17. The topological polar surface area (TPSA) is 12.0 Å². The lowest BCUT2D eigenvalue weighted by atomic mass is 9.95. The first-order chi connectivity index (χ1) is 9.63. The monoisotopic (exact) mass is 273 g/mol. The van der Waals surface area contributed by atoms with E-state index in [4.69, 9.17) is 0 Å². The van der Waals surface area contributed by atoms with Gasteiger partial charge >= 0.3 is 0 Å². The van der Waals surface area contributed by atoms with Crippen molar-refractivity contribution in [2.24, 2.45) is 0 Å². The molecule has 0 aromatic heterocycles. The molecule has 0 aliphatic carbocycles. The molecule has 104 valence electrons. The molecule has 1 atom stereocenters. The molecule has 1 nitrogen and oxygen atoms in total. The van der Waals surface area contributed by atoms with E-state index in [0.717, 1.165) is 30.2 Å². The molecule has 0 spiro atoms. The Kier molecular flexibility index (Phi) is 3.43. The zero-order chi connectivity index (χ0) is 14.1. The molecule has 1 aliphatic rings. The van der Waals surface area contributed by atoms with Crippen LogP contribution in [0.2, 0.25) is 0 Å². The van der Waals surface area contributed by atoms with Crippen molar-refractivity contribution in [3.05, 3.63) is 64.7 Å². The van der Waals surface area contributed by atoms with Gasteiger partial charge in [-0.25, -0.2) is 8.78 Å². The van der Waals surface area contributed by atoms with Crippen molar-refractivity contribution in [3.63, 3.8) is 0 Å². The van der Waals surface area contributed by atoms with Crippen LogP contribution >= 0.6 is 0 Å². The fourth-order valence-corrected chi connectivity index (χ4v) is 2.72. The van der Waals surface area contributed by atoms with Crippen LogP contribution in [0.5, 0.6) is 0 Å². The van der Waals surface area contributed by atoms with E-state index in [9.17, 15) is 8.78 Å². The first-order valence-electron chi connectivity index (χ1n) is 6.94. The van der Waals surface area contributed by atoms with Crippen molar-refractivity contribution in [2.45, 2.75) is 32.2 Å². The number of halogens is 2. The van der Waals surface area contributed by atoms with Crippen LogP contribution < -0.4 is 5.32 Å². The van der Waals surface area contributed by atoms with Crippen LogP contribution in [-0.4, -0.2) is 6.04 Å². The van der Waals surface area contributed by atoms with E-state index in [2.05, 4.69) is 18.3 Å². The van der Waals surface area contributed by atoms with Gasteiger partial charge in [0.25, 0.3) is 0 Å². The molecule has 20 heavy (non-hydrogen) atoms. The summed E-state index contributed by atoms with van der Waals surface area (Å²) in [6, 6.07) is 10.9. The van der Waals surface area contributed by atoms with Gasteiger partial charge in [0.2, 0.25) is 0 Å². The SMILES string of the molecule is CC1CCc2cc(Cc3cccc(F)c3F)ccc2N1. The fourth-order valence-electron chi connectivity index (χ4n) is 2.72. The number of benzene rings is 2. The Morgan fingerprint density at radius 1 is 1.20 bits per heavy atom. The Morgan fingerprint density at radius 3 is 2.90 bits per heavy atom. The largest absolute Gasteiger partial charge is 0.382 e. The van der Waals surface area contributed by atoms with Crippen molar-refractivity contribution in [3.8, 4) is 0 Å². The van der Waals surface area contributed by atoms with E-state index in [1.54, 1.807) is 12.1 Å². The number of anilines is 1. The average Bonchev–Trinajstić information content (AvgIpc) is 2.44. The van der Waals surface area contributed by atoms with E-state index in [1.165, 1.54) is 5.56 Å². The van der Waals surface area contributed by atoms with Gasteiger partial charge in [0.15, 0.2) is 11.6 Å². The summed E-state index contributed by atoms with van der Waals surface area (Å²) in [6.07, 6.45) is 2.56. The Hall–Kier alpha value is -1.90. The van der Waals surface area contributed by atoms with Crippen molar-refractivity contribution in [2.75, 3.05) is 5.32 Å². The van der Waals surface area contributed by atoms with Gasteiger partial charge in [0, 0.05) is 18.2 Å². The summed E-state index contributed by atoms with van der Waals surface area (Å²) in [7, 11) is 0. The lowest BCUT2D eigenvalue weighted by molar-refractivity contribution is 0.501. The molecule has 3 heteroatoms. The summed E-state index contributed by atoms with van der Waals surface area (Å²) in [5.41, 5.74) is 3.84. The first kappa shape index (κ1) is 13.1. The third kappa shape index (κ3) is 2.53. The highest BCUT2D eigenvalue weighted by molar-refractivity contribution is 5.55. The van der Waals surface area contributed by atoms with Crippen LogP contribution in [0.15, 0.2) is 36.4 Å². The zero-order valence-electron chi connectivity index (χ0n) is 11.4. The maximum Gasteiger partial charge on any atom is 0.162 e. The molecule has 3 rings (SSSR count). The molecule has 1 heterocycles. The molecule has 1 unspecified atom stereocenters. The maximum atomic E-state index is 13.7. The number of hydrogen-bond donors (Lipinski definition) is 1. The van der Waals surface area contributed by atoms with Gasteiger partial charge in [0.1, 0.15) is 0 Å². The van der Waals surface area contributed by atoms with Crippen LogP contribution in [0.4, 0.5) is 14.5 Å². The van der Waals surface area contributed by atoms with Crippen LogP contribution in [0.3, 0.4) is 0 Å². The minimum Gasteiger partial charge on any atom is -0.382 e. The van der Waals surface area contributed by atoms with Gasteiger partial charge < -0.3 is 5.32 Å². The van der Waals surface area contributed by atoms with Crippen LogP contribution in [0.25, 0.3) is 0 Å². The van der Waals surface area contributed by atoms with Crippen molar-refractivity contribution < 1.29 is 8.78 Å². The Morgan fingerprint density at radius 2 is 2.05 bits per heavy atom. The van der Waals surface area contributed by atoms with Gasteiger partial charge in [-0.2, -0.15) is 0 Å². The third-order valence-corrected chi connectivity index (χ3v) is 3.84. The van der Waals surface area contributed by atoms with Crippen molar-refractivity contribution in [1.29, 1.82) is 0 Å². The number of nitrogens with one attached hydrogen (secondary N) is 1. The normalized spacial score (nSPS) is 17.4. The molecule has 0 amide bonds. The second kappa shape index (κ2) is 5.23. The lowest BCUT2D eigenvalue weighted by Gasteiger charge is -2.24. The van der Waals surface area contributed by atoms with Gasteiger partial charge in [0.05, 0.1) is 0 Å². The lowest BCUT2D eigenvalue weighted by Crippen LogP contribution is -2.21. The summed E-state index contributed by atoms with van der Waals surface area (Å²) in [5, 5.41) is 3.44. The Balaban J connectivity index is 1.87. The van der Waals surface area contributed by atoms with Gasteiger partial charge in [-0.15, -0.1) is 0 Å². The van der Waals surface area contributed by atoms with Crippen molar-refractivity contribution in [1.82, 2.24) is 0 Å². The van der Waals surface area contributed by atoms with Gasteiger partial charge in [-0.05, 0) is 48.6 Å². The van der Waals surface area contributed by atoms with E-state index in [1.807, 2.05) is 12.1 Å². The third-order valence-electron chi connectivity index (χ3n) is 3.84. The van der Waals surface area contributed by atoms with E-state index < -0.39 is 11.6 Å². The van der Waals surface area contributed by atoms with Gasteiger partial charge in [-0.1, -0.05) is 24.3 Å². The molecule has 2 aromatic rings. The molecule has 1 N–H and O–H groups in total. The Labute approximate surface area is 117 Å². The van der Waals surface area contributed by atoms with Gasteiger partial charge in [-0.3, -0.25) is 0 Å². The standard InChI is InChI=1S/C17H17F2N/c1-11-5-7-13-9-12(6-8-16(13)20-11)10-14-3-2-4-15(18)17(14)19/h2-4,6,8-9,11,20H,5,7,10H2,1H3. The quantitative estimate of drug-likeness (QED) is 0.860. The minimum absolute atomic E-state index is 0.405. The first-order valence-corrected chi connectivity index (χ1v) is 6.94. The summed E-state index contributed by atoms with van der Waals surface area (Å²) >= 11 is 0. The second-order valence-electron chi connectivity index (χ2n) is 5.47. The van der Waals surface area contributed by atoms with Crippen LogP contribution in [-0.2, 0) is 12.8 Å². The molecular weight excluding hydrogens is 256 g/mol. The molecule has 2 aromatic carbocycles. The highest BCUT2D eigenvalue weighted by Crippen LogP contribution is 2.27. The van der Waals surface area contributed by atoms with Crippen molar-refractivity contribution >= 4 is 5.69 Å². The van der Waals surface area contributed by atoms with E-state index >= 15 is 0 Å². The second-order valence-corrected chi connectivity index (χ2v) is 5.47. The Bertz CT molecular complexity index is 637. The molecule has 0 saturated carbocycles. The number of rotatable bonds is 2. The summed E-state index contributed by atoms with van der Waals surface area (Å²) in [5.74, 6) is -1.52. The maximum absolute atomic E-state index is 13.7. The smallest absolute Gasteiger partial charge is 0.162 e. The highest BCUT2D eigenvalue weighted by Gasteiger charge is 2.15. The molecule has 1 aliphatic heterocycles. The molecule has 0 fully saturated rings. The van der Waals surface area contributed by atoms with Crippen LogP contribution in [0, 0.1) is 11.6 Å². The summed E-state index contributed by atoms with van der Waals surface area (Å²) in [4.78, 5) is 0. The fraction of sp³-hybridized carbons (Fsp3) is 0.294. The number of hydrogen-bond acceptors (Lipinski definition) is 1. The predicted octanol–water partition coefficient (Wildman–Crippen LogP) is 4.30. The minimum atomic E-state index is -0.782. The molecular formula is C17H17F2N. The number of fused-ring (bicyclic) bond motifs is 1. The average molecular weight is 273 g/mol. The summed E-state index contributed by atoms with van der Waals surface area (Å²) < 4.78 is 26.9. The zero-order valence-corrected chi connectivity index (χ0v) is 11.4. The predicted molar refractivity (Wildman–Crippen MR) is 77.0 cm³/mol. The number of aryl methyl sites for hydroxylation is 1. The van der Waals surface area contributed by atoms with E-state index in [-0.39, 0.29) is 0 Å². The van der Waals surface area contributed by atoms with E-state index in [0.29, 0.717) is 18.0 Å². The molecule has 0 radical (unpaired) electrons. The molecule has 0 bridgehead atoms.